The van der Waals surface area contributed by atoms with E-state index in [2.05, 4.69) is 35.4 Å². The van der Waals surface area contributed by atoms with Gasteiger partial charge in [-0.2, -0.15) is 5.10 Å². The number of aromatic amines is 1. The lowest BCUT2D eigenvalue weighted by Gasteiger charge is -2.24. The SMILES string of the molecule is C[C@H](c1ccc(C(=O)NC2CC2)cc1)N1Cc2cc(-c3n[nH]c4c3CC(C)(C)C4)ccc2C1=O. The molecule has 0 unspecified atom stereocenters. The first kappa shape index (κ1) is 21.1. The zero-order valence-electron chi connectivity index (χ0n) is 19.9. The molecule has 34 heavy (non-hydrogen) atoms. The van der Waals surface area contributed by atoms with Crippen molar-refractivity contribution in [2.75, 3.05) is 0 Å². The molecule has 6 rings (SSSR count). The summed E-state index contributed by atoms with van der Waals surface area (Å²) < 4.78 is 0. The van der Waals surface area contributed by atoms with Crippen LogP contribution >= 0.6 is 0 Å². The smallest absolute Gasteiger partial charge is 0.255 e. The Morgan fingerprint density at radius 2 is 1.91 bits per heavy atom. The van der Waals surface area contributed by atoms with E-state index in [1.807, 2.05) is 48.2 Å². The number of nitrogens with one attached hydrogen (secondary N) is 2. The van der Waals surface area contributed by atoms with E-state index >= 15 is 0 Å². The molecule has 3 aromatic rings. The molecule has 0 bridgehead atoms. The van der Waals surface area contributed by atoms with Crippen molar-refractivity contribution < 1.29 is 9.59 Å². The average Bonchev–Trinajstić information content (AvgIpc) is 3.35. The zero-order chi connectivity index (χ0) is 23.6. The number of amides is 2. The lowest BCUT2D eigenvalue weighted by molar-refractivity contribution is 0.0715. The van der Waals surface area contributed by atoms with Crippen LogP contribution < -0.4 is 5.32 Å². The molecule has 0 radical (unpaired) electrons. The Labute approximate surface area is 199 Å². The highest BCUT2D eigenvalue weighted by molar-refractivity contribution is 5.99. The summed E-state index contributed by atoms with van der Waals surface area (Å²) in [7, 11) is 0. The van der Waals surface area contributed by atoms with Crippen molar-refractivity contribution in [1.29, 1.82) is 0 Å². The summed E-state index contributed by atoms with van der Waals surface area (Å²) in [5.41, 5.74) is 8.39. The van der Waals surface area contributed by atoms with Crippen molar-refractivity contribution in [1.82, 2.24) is 20.4 Å². The summed E-state index contributed by atoms with van der Waals surface area (Å²) in [6.45, 7) is 7.20. The predicted molar refractivity (Wildman–Crippen MR) is 130 cm³/mol. The topological polar surface area (TPSA) is 78.1 Å². The van der Waals surface area contributed by atoms with E-state index in [1.54, 1.807) is 0 Å². The minimum absolute atomic E-state index is 0.0212. The van der Waals surface area contributed by atoms with Crippen LogP contribution in [-0.4, -0.2) is 33.0 Å². The van der Waals surface area contributed by atoms with E-state index in [1.165, 1.54) is 11.3 Å². The Morgan fingerprint density at radius 3 is 2.65 bits per heavy atom. The van der Waals surface area contributed by atoms with Gasteiger partial charge in [0, 0.05) is 40.5 Å². The number of rotatable bonds is 5. The molecule has 0 spiro atoms. The first-order chi connectivity index (χ1) is 16.3. The summed E-state index contributed by atoms with van der Waals surface area (Å²) >= 11 is 0. The third-order valence-electron chi connectivity index (χ3n) is 7.51. The molecule has 2 heterocycles. The summed E-state index contributed by atoms with van der Waals surface area (Å²) in [5, 5.41) is 10.9. The van der Waals surface area contributed by atoms with Gasteiger partial charge in [-0.05, 0) is 73.4 Å². The molecule has 3 aliphatic rings. The lowest BCUT2D eigenvalue weighted by atomic mass is 9.90. The van der Waals surface area contributed by atoms with E-state index in [9.17, 15) is 9.59 Å². The van der Waals surface area contributed by atoms with Crippen LogP contribution in [0.4, 0.5) is 0 Å². The number of aromatic nitrogens is 2. The molecular weight excluding hydrogens is 424 g/mol. The van der Waals surface area contributed by atoms with Crippen LogP contribution in [0.1, 0.15) is 82.8 Å². The maximum atomic E-state index is 13.2. The van der Waals surface area contributed by atoms with Gasteiger partial charge in [0.1, 0.15) is 0 Å². The molecule has 1 saturated carbocycles. The molecule has 1 fully saturated rings. The fraction of sp³-hybridized carbons (Fsp3) is 0.393. The van der Waals surface area contributed by atoms with E-state index in [0.717, 1.165) is 53.6 Å². The standard InChI is InChI=1S/C28H30N4O2/c1-16(17-4-6-18(7-5-17)26(33)29-21-9-10-21)32-15-20-12-19(8-11-22(20)27(32)34)25-23-13-28(2,3)14-24(23)30-31-25/h4-8,11-12,16,21H,9-10,13-15H2,1-3H3,(H,29,33)(H,30,31)/t16-/m1/s1. The molecule has 2 N–H and O–H groups in total. The van der Waals surface area contributed by atoms with Gasteiger partial charge >= 0.3 is 0 Å². The van der Waals surface area contributed by atoms with Crippen molar-refractivity contribution in [3.8, 4) is 11.3 Å². The normalized spacial score (nSPS) is 19.1. The van der Waals surface area contributed by atoms with E-state index < -0.39 is 0 Å². The Hall–Kier alpha value is -3.41. The van der Waals surface area contributed by atoms with Crippen LogP contribution in [0, 0.1) is 5.41 Å². The minimum Gasteiger partial charge on any atom is -0.349 e. The van der Waals surface area contributed by atoms with Crippen LogP contribution in [0.15, 0.2) is 42.5 Å². The second-order valence-electron chi connectivity index (χ2n) is 10.9. The maximum Gasteiger partial charge on any atom is 0.255 e. The number of hydrogen-bond donors (Lipinski definition) is 2. The van der Waals surface area contributed by atoms with Crippen molar-refractivity contribution in [2.24, 2.45) is 5.41 Å². The number of H-pyrrole nitrogens is 1. The first-order valence-electron chi connectivity index (χ1n) is 12.2. The van der Waals surface area contributed by atoms with Gasteiger partial charge in [0.15, 0.2) is 0 Å². The van der Waals surface area contributed by atoms with Gasteiger partial charge in [0.05, 0.1) is 11.7 Å². The van der Waals surface area contributed by atoms with Crippen molar-refractivity contribution in [2.45, 2.75) is 65.1 Å². The van der Waals surface area contributed by atoms with Crippen molar-refractivity contribution in [3.05, 3.63) is 76.0 Å². The quantitative estimate of drug-likeness (QED) is 0.581. The molecule has 2 aliphatic carbocycles. The number of nitrogens with zero attached hydrogens (tertiary/aromatic N) is 2. The van der Waals surface area contributed by atoms with Crippen LogP contribution in [-0.2, 0) is 19.4 Å². The highest BCUT2D eigenvalue weighted by Gasteiger charge is 2.35. The average molecular weight is 455 g/mol. The van der Waals surface area contributed by atoms with Crippen LogP contribution in [0.3, 0.4) is 0 Å². The second kappa shape index (κ2) is 7.55. The largest absolute Gasteiger partial charge is 0.349 e. The van der Waals surface area contributed by atoms with Crippen molar-refractivity contribution >= 4 is 11.8 Å². The van der Waals surface area contributed by atoms with Gasteiger partial charge in [-0.3, -0.25) is 14.7 Å². The van der Waals surface area contributed by atoms with Gasteiger partial charge in [-0.25, -0.2) is 0 Å². The number of hydrogen-bond acceptors (Lipinski definition) is 3. The number of fused-ring (bicyclic) bond motifs is 2. The van der Waals surface area contributed by atoms with E-state index in [-0.39, 0.29) is 23.3 Å². The Kier molecular flexibility index (Phi) is 4.70. The zero-order valence-corrected chi connectivity index (χ0v) is 19.9. The molecule has 2 aromatic carbocycles. The highest BCUT2D eigenvalue weighted by atomic mass is 16.2. The van der Waals surface area contributed by atoms with Crippen LogP contribution in [0.25, 0.3) is 11.3 Å². The summed E-state index contributed by atoms with van der Waals surface area (Å²) in [4.78, 5) is 27.4. The second-order valence-corrected chi connectivity index (χ2v) is 10.9. The van der Waals surface area contributed by atoms with Gasteiger partial charge in [0.2, 0.25) is 0 Å². The minimum atomic E-state index is -0.0840. The molecule has 1 aliphatic heterocycles. The summed E-state index contributed by atoms with van der Waals surface area (Å²) in [5.74, 6) is 0.0325. The molecule has 6 heteroatoms. The molecule has 1 aromatic heterocycles. The molecule has 6 nitrogen and oxygen atoms in total. The molecule has 1 atom stereocenters. The molecule has 174 valence electrons. The summed E-state index contributed by atoms with van der Waals surface area (Å²) in [6.07, 6.45) is 4.18. The molecular formula is C28H30N4O2. The lowest BCUT2D eigenvalue weighted by Crippen LogP contribution is -2.27. The van der Waals surface area contributed by atoms with Crippen LogP contribution in [0.2, 0.25) is 0 Å². The van der Waals surface area contributed by atoms with Gasteiger partial charge in [-0.1, -0.05) is 32.0 Å². The van der Waals surface area contributed by atoms with Gasteiger partial charge < -0.3 is 10.2 Å². The van der Waals surface area contributed by atoms with Crippen molar-refractivity contribution in [3.63, 3.8) is 0 Å². The molecule has 2 amide bonds. The highest BCUT2D eigenvalue weighted by Crippen LogP contribution is 2.41. The monoisotopic (exact) mass is 454 g/mol. The fourth-order valence-electron chi connectivity index (χ4n) is 5.39. The van der Waals surface area contributed by atoms with Crippen LogP contribution in [0.5, 0.6) is 0 Å². The number of carbonyl (C=O) groups excluding carboxylic acids is 2. The first-order valence-corrected chi connectivity index (χ1v) is 12.2. The maximum absolute atomic E-state index is 13.2. The Balaban J connectivity index is 1.21. The number of carbonyl (C=O) groups is 2. The van der Waals surface area contributed by atoms with E-state index in [0.29, 0.717) is 18.2 Å². The third kappa shape index (κ3) is 3.61. The fourth-order valence-corrected chi connectivity index (χ4v) is 5.39. The number of benzene rings is 2. The Morgan fingerprint density at radius 1 is 1.15 bits per heavy atom. The summed E-state index contributed by atoms with van der Waals surface area (Å²) in [6, 6.07) is 14.0. The van der Waals surface area contributed by atoms with Gasteiger partial charge in [0.25, 0.3) is 11.8 Å². The van der Waals surface area contributed by atoms with E-state index in [4.69, 9.17) is 0 Å². The third-order valence-corrected chi connectivity index (χ3v) is 7.51. The van der Waals surface area contributed by atoms with Gasteiger partial charge in [-0.15, -0.1) is 0 Å². The molecule has 0 saturated heterocycles. The Bertz CT molecular complexity index is 1300. The predicted octanol–water partition coefficient (Wildman–Crippen LogP) is 4.81.